The number of hydrogen-bond acceptors (Lipinski definition) is 4. The quantitative estimate of drug-likeness (QED) is 0.715. The Balaban J connectivity index is 2.16. The van der Waals surface area contributed by atoms with Gasteiger partial charge < -0.3 is 14.5 Å². The predicted molar refractivity (Wildman–Crippen MR) is 65.1 cm³/mol. The highest BCUT2D eigenvalue weighted by molar-refractivity contribution is 5.75. The van der Waals surface area contributed by atoms with E-state index in [1.165, 1.54) is 0 Å². The van der Waals surface area contributed by atoms with Crippen LogP contribution in [0.3, 0.4) is 0 Å². The number of nitrogens with one attached hydrogen (secondary N) is 1. The van der Waals surface area contributed by atoms with Crippen molar-refractivity contribution in [1.29, 1.82) is 0 Å². The summed E-state index contributed by atoms with van der Waals surface area (Å²) in [6.45, 7) is 0. The van der Waals surface area contributed by atoms with Gasteiger partial charge in [0.05, 0.1) is 11.1 Å². The molecule has 1 atom stereocenters. The van der Waals surface area contributed by atoms with Gasteiger partial charge in [-0.05, 0) is 24.3 Å². The van der Waals surface area contributed by atoms with Gasteiger partial charge in [0.15, 0.2) is 6.10 Å². The van der Waals surface area contributed by atoms with Crippen LogP contribution in [0.15, 0.2) is 51.8 Å². The van der Waals surface area contributed by atoms with E-state index in [0.717, 1.165) is 0 Å². The summed E-state index contributed by atoms with van der Waals surface area (Å²) in [6, 6.07) is 10.2. The number of nitrogens with zero attached hydrogens (tertiary/aromatic N) is 1. The highest BCUT2D eigenvalue weighted by atomic mass is 16.4. The molecule has 90 valence electrons. The van der Waals surface area contributed by atoms with Gasteiger partial charge in [-0.3, -0.25) is 4.79 Å². The van der Waals surface area contributed by atoms with Gasteiger partial charge in [0.2, 0.25) is 5.89 Å². The van der Waals surface area contributed by atoms with Crippen LogP contribution in [0.1, 0.15) is 17.7 Å². The Labute approximate surface area is 102 Å². The Morgan fingerprint density at radius 2 is 2.06 bits per heavy atom. The van der Waals surface area contributed by atoms with Crippen molar-refractivity contribution in [2.24, 2.45) is 0 Å². The van der Waals surface area contributed by atoms with Gasteiger partial charge in [-0.1, -0.05) is 12.1 Å². The summed E-state index contributed by atoms with van der Waals surface area (Å²) < 4.78 is 5.45. The molecule has 0 radical (unpaired) electrons. The maximum absolute atomic E-state index is 11.8. The monoisotopic (exact) mass is 242 g/mol. The summed E-state index contributed by atoms with van der Waals surface area (Å²) in [5.41, 5.74) is 0.538. The standard InChI is InChI=1S/C13H10N2O3/c16-11(9-5-3-7-14-9)13-15-12(17)8-4-1-2-6-10(8)18-13/h1-7,11,14,16H. The number of fused-ring (bicyclic) bond motifs is 1. The van der Waals surface area contributed by atoms with Crippen LogP contribution in [-0.2, 0) is 0 Å². The van der Waals surface area contributed by atoms with E-state index < -0.39 is 11.7 Å². The number of hydrogen-bond donors (Lipinski definition) is 2. The third-order valence-corrected chi connectivity index (χ3v) is 2.69. The average Bonchev–Trinajstić information content (AvgIpc) is 2.91. The molecule has 0 aliphatic rings. The second-order valence-corrected chi connectivity index (χ2v) is 3.88. The zero-order valence-electron chi connectivity index (χ0n) is 9.33. The maximum Gasteiger partial charge on any atom is 0.283 e. The number of rotatable bonds is 2. The van der Waals surface area contributed by atoms with Crippen molar-refractivity contribution in [2.45, 2.75) is 6.10 Å². The van der Waals surface area contributed by atoms with E-state index >= 15 is 0 Å². The Bertz CT molecular complexity index is 731. The molecule has 5 heteroatoms. The molecule has 0 fully saturated rings. The number of aliphatic hydroxyl groups excluding tert-OH is 1. The van der Waals surface area contributed by atoms with E-state index in [2.05, 4.69) is 9.97 Å². The van der Waals surface area contributed by atoms with Gasteiger partial charge in [-0.2, -0.15) is 4.98 Å². The van der Waals surface area contributed by atoms with Crippen LogP contribution in [0.2, 0.25) is 0 Å². The molecule has 0 saturated carbocycles. The number of para-hydroxylation sites is 1. The topological polar surface area (TPSA) is 79.1 Å². The van der Waals surface area contributed by atoms with E-state index in [9.17, 15) is 9.90 Å². The molecule has 2 heterocycles. The molecule has 0 amide bonds. The predicted octanol–water partition coefficient (Wildman–Crippen LogP) is 1.60. The minimum atomic E-state index is -1.07. The molecule has 5 nitrogen and oxygen atoms in total. The Morgan fingerprint density at radius 1 is 1.22 bits per heavy atom. The molecular weight excluding hydrogens is 232 g/mol. The molecule has 0 bridgehead atoms. The lowest BCUT2D eigenvalue weighted by Gasteiger charge is -2.07. The van der Waals surface area contributed by atoms with Gasteiger partial charge in [0, 0.05) is 6.20 Å². The fraction of sp³-hybridized carbons (Fsp3) is 0.0769. The summed E-state index contributed by atoms with van der Waals surface area (Å²) in [5, 5.41) is 10.4. The van der Waals surface area contributed by atoms with Crippen LogP contribution in [0.25, 0.3) is 11.0 Å². The first-order valence-electron chi connectivity index (χ1n) is 5.47. The average molecular weight is 242 g/mol. The molecule has 3 aromatic rings. The molecule has 3 rings (SSSR count). The van der Waals surface area contributed by atoms with Gasteiger partial charge >= 0.3 is 0 Å². The van der Waals surface area contributed by atoms with Crippen LogP contribution in [-0.4, -0.2) is 15.1 Å². The zero-order valence-corrected chi connectivity index (χ0v) is 9.33. The van der Waals surface area contributed by atoms with Crippen molar-refractivity contribution in [3.8, 4) is 0 Å². The number of aliphatic hydroxyl groups is 1. The first-order chi connectivity index (χ1) is 8.75. The first kappa shape index (κ1) is 10.7. The fourth-order valence-electron chi connectivity index (χ4n) is 1.79. The highest BCUT2D eigenvalue weighted by Crippen LogP contribution is 2.20. The lowest BCUT2D eigenvalue weighted by Crippen LogP contribution is -2.13. The van der Waals surface area contributed by atoms with Crippen molar-refractivity contribution in [1.82, 2.24) is 9.97 Å². The first-order valence-corrected chi connectivity index (χ1v) is 5.47. The summed E-state index contributed by atoms with van der Waals surface area (Å²) in [6.07, 6.45) is 0.606. The molecule has 0 aliphatic heterocycles. The van der Waals surface area contributed by atoms with Crippen molar-refractivity contribution in [3.05, 3.63) is 64.5 Å². The Morgan fingerprint density at radius 3 is 2.83 bits per heavy atom. The van der Waals surface area contributed by atoms with Crippen molar-refractivity contribution < 1.29 is 9.52 Å². The molecule has 2 aromatic heterocycles. The molecule has 0 spiro atoms. The zero-order chi connectivity index (χ0) is 12.5. The van der Waals surface area contributed by atoms with E-state index in [1.807, 2.05) is 0 Å². The number of aromatic amines is 1. The Hall–Kier alpha value is -2.40. The summed E-state index contributed by atoms with van der Waals surface area (Å²) in [7, 11) is 0. The van der Waals surface area contributed by atoms with Gasteiger partial charge in [0.25, 0.3) is 5.56 Å². The molecule has 1 unspecified atom stereocenters. The van der Waals surface area contributed by atoms with Crippen molar-refractivity contribution >= 4 is 11.0 Å². The van der Waals surface area contributed by atoms with Crippen LogP contribution in [0, 0.1) is 0 Å². The lowest BCUT2D eigenvalue weighted by molar-refractivity contribution is 0.178. The van der Waals surface area contributed by atoms with Crippen molar-refractivity contribution in [3.63, 3.8) is 0 Å². The largest absolute Gasteiger partial charge is 0.439 e. The van der Waals surface area contributed by atoms with E-state index in [1.54, 1.807) is 42.6 Å². The minimum Gasteiger partial charge on any atom is -0.439 e. The van der Waals surface area contributed by atoms with Crippen LogP contribution < -0.4 is 5.56 Å². The molecule has 2 N–H and O–H groups in total. The summed E-state index contributed by atoms with van der Waals surface area (Å²) in [4.78, 5) is 18.4. The molecule has 0 aliphatic carbocycles. The van der Waals surface area contributed by atoms with Gasteiger partial charge in [-0.25, -0.2) is 0 Å². The summed E-state index contributed by atoms with van der Waals surface area (Å²) >= 11 is 0. The number of benzene rings is 1. The van der Waals surface area contributed by atoms with E-state index in [4.69, 9.17) is 4.42 Å². The van der Waals surface area contributed by atoms with Crippen molar-refractivity contribution in [2.75, 3.05) is 0 Å². The second kappa shape index (κ2) is 4.12. The van der Waals surface area contributed by atoms with Crippen LogP contribution >= 0.6 is 0 Å². The second-order valence-electron chi connectivity index (χ2n) is 3.88. The van der Waals surface area contributed by atoms with Crippen LogP contribution in [0.4, 0.5) is 0 Å². The van der Waals surface area contributed by atoms with Gasteiger partial charge in [-0.15, -0.1) is 0 Å². The maximum atomic E-state index is 11.8. The lowest BCUT2D eigenvalue weighted by atomic mass is 10.2. The minimum absolute atomic E-state index is 0.0128. The van der Waals surface area contributed by atoms with Crippen LogP contribution in [0.5, 0.6) is 0 Å². The molecule has 18 heavy (non-hydrogen) atoms. The summed E-state index contributed by atoms with van der Waals surface area (Å²) in [5.74, 6) is -0.0128. The van der Waals surface area contributed by atoms with E-state index in [0.29, 0.717) is 16.7 Å². The highest BCUT2D eigenvalue weighted by Gasteiger charge is 2.17. The van der Waals surface area contributed by atoms with Gasteiger partial charge in [0.1, 0.15) is 5.58 Å². The van der Waals surface area contributed by atoms with E-state index in [-0.39, 0.29) is 5.89 Å². The normalized spacial score (nSPS) is 12.7. The fourth-order valence-corrected chi connectivity index (χ4v) is 1.79. The smallest absolute Gasteiger partial charge is 0.283 e. The Kier molecular flexibility index (Phi) is 2.46. The SMILES string of the molecule is O=c1nc(C(O)c2ccc[nH]2)oc2ccccc12. The third kappa shape index (κ3) is 1.70. The third-order valence-electron chi connectivity index (χ3n) is 2.69. The number of aromatic nitrogens is 2. The molecule has 0 saturated heterocycles. The molecule has 1 aromatic carbocycles. The number of H-pyrrole nitrogens is 1. The molecular formula is C13H10N2O3.